The fraction of sp³-hybridized carbons (Fsp3) is 0.0952. The van der Waals surface area contributed by atoms with E-state index >= 15 is 0 Å². The second kappa shape index (κ2) is 6.80. The molecule has 0 spiro atoms. The molecule has 0 saturated carbocycles. The zero-order valence-corrected chi connectivity index (χ0v) is 14.2. The van der Waals surface area contributed by atoms with Crippen molar-refractivity contribution >= 4 is 16.9 Å². The summed E-state index contributed by atoms with van der Waals surface area (Å²) >= 11 is 0. The van der Waals surface area contributed by atoms with Crippen molar-refractivity contribution in [3.63, 3.8) is 0 Å². The summed E-state index contributed by atoms with van der Waals surface area (Å²) in [6.07, 6.45) is 4.89. The lowest BCUT2D eigenvalue weighted by Crippen LogP contribution is -2.17. The van der Waals surface area contributed by atoms with Gasteiger partial charge < -0.3 is 4.74 Å². The molecule has 0 radical (unpaired) electrons. The van der Waals surface area contributed by atoms with Crippen LogP contribution in [0.4, 0.5) is 0 Å². The number of aromatic nitrogens is 3. The third kappa shape index (κ3) is 3.07. The molecule has 128 valence electrons. The Hall–Kier alpha value is -3.47. The van der Waals surface area contributed by atoms with E-state index in [4.69, 9.17) is 4.74 Å². The van der Waals surface area contributed by atoms with Gasteiger partial charge in [-0.3, -0.25) is 9.36 Å². The van der Waals surface area contributed by atoms with Gasteiger partial charge in [0.05, 0.1) is 5.92 Å². The van der Waals surface area contributed by atoms with E-state index in [1.165, 1.54) is 6.33 Å². The summed E-state index contributed by atoms with van der Waals surface area (Å²) in [6.45, 7) is 1.89. The molecule has 1 unspecified atom stereocenters. The van der Waals surface area contributed by atoms with Crippen molar-refractivity contribution in [1.82, 2.24) is 14.5 Å². The van der Waals surface area contributed by atoms with Gasteiger partial charge in [0.25, 0.3) is 0 Å². The van der Waals surface area contributed by atoms with Gasteiger partial charge in [-0.1, -0.05) is 30.3 Å². The summed E-state index contributed by atoms with van der Waals surface area (Å²) in [7, 11) is 0. The zero-order valence-electron chi connectivity index (χ0n) is 14.2. The topological polar surface area (TPSA) is 57.0 Å². The monoisotopic (exact) mass is 343 g/mol. The molecule has 2 aromatic carbocycles. The molecule has 0 N–H and O–H groups in total. The summed E-state index contributed by atoms with van der Waals surface area (Å²) in [6, 6.07) is 19.0. The van der Waals surface area contributed by atoms with Crippen LogP contribution >= 0.6 is 0 Å². The second-order valence-electron chi connectivity index (χ2n) is 6.03. The van der Waals surface area contributed by atoms with Crippen molar-refractivity contribution in [1.29, 1.82) is 0 Å². The van der Waals surface area contributed by atoms with Crippen LogP contribution in [-0.4, -0.2) is 20.4 Å². The number of para-hydroxylation sites is 1. The van der Waals surface area contributed by atoms with Gasteiger partial charge in [-0.25, -0.2) is 9.97 Å². The minimum atomic E-state index is -0.333. The Morgan fingerprint density at radius 3 is 2.69 bits per heavy atom. The third-order valence-corrected chi connectivity index (χ3v) is 4.29. The molecule has 0 aliphatic carbocycles. The van der Waals surface area contributed by atoms with E-state index in [2.05, 4.69) is 9.97 Å². The van der Waals surface area contributed by atoms with E-state index in [0.717, 1.165) is 16.7 Å². The number of benzene rings is 2. The Balaban J connectivity index is 1.61. The maximum Gasteiger partial charge on any atom is 0.239 e. The lowest BCUT2D eigenvalue weighted by Gasteiger charge is -2.14. The van der Waals surface area contributed by atoms with Crippen LogP contribution in [0.15, 0.2) is 79.4 Å². The van der Waals surface area contributed by atoms with E-state index in [1.54, 1.807) is 17.0 Å². The molecule has 0 bridgehead atoms. The molecule has 2 aromatic heterocycles. The average Bonchev–Trinajstić information content (AvgIpc) is 3.12. The average molecular weight is 343 g/mol. The first-order valence-electron chi connectivity index (χ1n) is 8.36. The van der Waals surface area contributed by atoms with Crippen molar-refractivity contribution in [3.8, 4) is 11.5 Å². The van der Waals surface area contributed by atoms with Crippen molar-refractivity contribution in [2.75, 3.05) is 0 Å². The van der Waals surface area contributed by atoms with Gasteiger partial charge in [0, 0.05) is 17.8 Å². The molecule has 0 aliphatic heterocycles. The number of fused-ring (bicyclic) bond motifs is 1. The van der Waals surface area contributed by atoms with Gasteiger partial charge in [0.15, 0.2) is 0 Å². The van der Waals surface area contributed by atoms with Gasteiger partial charge in [-0.2, -0.15) is 0 Å². The predicted octanol–water partition coefficient (Wildman–Crippen LogP) is 4.67. The minimum Gasteiger partial charge on any atom is -0.457 e. The fourth-order valence-electron chi connectivity index (χ4n) is 2.88. The van der Waals surface area contributed by atoms with Gasteiger partial charge in [0.2, 0.25) is 5.91 Å². The van der Waals surface area contributed by atoms with Gasteiger partial charge >= 0.3 is 0 Å². The van der Waals surface area contributed by atoms with Crippen LogP contribution < -0.4 is 4.74 Å². The number of carbonyl (C=O) groups is 1. The molecule has 5 nitrogen and oxygen atoms in total. The van der Waals surface area contributed by atoms with Crippen molar-refractivity contribution < 1.29 is 9.53 Å². The minimum absolute atomic E-state index is 0.0458. The summed E-state index contributed by atoms with van der Waals surface area (Å²) in [5.74, 6) is 1.08. The largest absolute Gasteiger partial charge is 0.457 e. The van der Waals surface area contributed by atoms with Crippen LogP contribution in [0.5, 0.6) is 11.5 Å². The molecular weight excluding hydrogens is 326 g/mol. The smallest absolute Gasteiger partial charge is 0.239 e. The summed E-state index contributed by atoms with van der Waals surface area (Å²) in [4.78, 5) is 21.2. The second-order valence-corrected chi connectivity index (χ2v) is 6.03. The van der Waals surface area contributed by atoms with E-state index in [0.29, 0.717) is 11.4 Å². The Morgan fingerprint density at radius 1 is 1.04 bits per heavy atom. The SMILES string of the molecule is CC(C(=O)n1ccc2cncnc21)c1cccc(Oc2ccccc2)c1. The number of ether oxygens (including phenoxy) is 1. The third-order valence-electron chi connectivity index (χ3n) is 4.29. The molecule has 4 rings (SSSR count). The molecule has 4 aromatic rings. The van der Waals surface area contributed by atoms with Crippen molar-refractivity contribution in [2.24, 2.45) is 0 Å². The number of rotatable bonds is 4. The van der Waals surface area contributed by atoms with E-state index in [-0.39, 0.29) is 11.8 Å². The van der Waals surface area contributed by atoms with Crippen LogP contribution in [0.2, 0.25) is 0 Å². The number of hydrogen-bond donors (Lipinski definition) is 0. The molecule has 0 saturated heterocycles. The molecular formula is C21H17N3O2. The van der Waals surface area contributed by atoms with Crippen LogP contribution in [-0.2, 0) is 0 Å². The molecule has 0 amide bonds. The standard InChI is InChI=1S/C21H17N3O2/c1-15(21(25)24-11-10-17-13-22-14-23-20(17)24)16-6-5-9-19(12-16)26-18-7-3-2-4-8-18/h2-15H,1H3. The summed E-state index contributed by atoms with van der Waals surface area (Å²) < 4.78 is 7.45. The Labute approximate surface area is 150 Å². The van der Waals surface area contributed by atoms with E-state index in [1.807, 2.05) is 67.6 Å². The predicted molar refractivity (Wildman–Crippen MR) is 99.5 cm³/mol. The Morgan fingerprint density at radius 2 is 1.85 bits per heavy atom. The summed E-state index contributed by atoms with van der Waals surface area (Å²) in [5, 5.41) is 0.842. The molecule has 26 heavy (non-hydrogen) atoms. The first kappa shape index (κ1) is 16.0. The molecule has 0 aliphatic rings. The maximum atomic E-state index is 13.0. The van der Waals surface area contributed by atoms with Crippen LogP contribution in [0, 0.1) is 0 Å². The first-order chi connectivity index (χ1) is 12.7. The normalized spacial score (nSPS) is 12.0. The van der Waals surface area contributed by atoms with Crippen molar-refractivity contribution in [3.05, 3.63) is 84.9 Å². The highest BCUT2D eigenvalue weighted by molar-refractivity contribution is 5.93. The molecule has 5 heteroatoms. The quantitative estimate of drug-likeness (QED) is 0.540. The number of hydrogen-bond acceptors (Lipinski definition) is 4. The van der Waals surface area contributed by atoms with Crippen molar-refractivity contribution in [2.45, 2.75) is 12.8 Å². The number of nitrogens with zero attached hydrogens (tertiary/aromatic N) is 3. The van der Waals surface area contributed by atoms with Crippen LogP contribution in [0.25, 0.3) is 11.0 Å². The number of carbonyl (C=O) groups excluding carboxylic acids is 1. The molecule has 0 fully saturated rings. The molecule has 2 heterocycles. The first-order valence-corrected chi connectivity index (χ1v) is 8.36. The highest BCUT2D eigenvalue weighted by Gasteiger charge is 2.19. The lowest BCUT2D eigenvalue weighted by atomic mass is 10.00. The van der Waals surface area contributed by atoms with Gasteiger partial charge in [-0.05, 0) is 42.8 Å². The zero-order chi connectivity index (χ0) is 17.9. The van der Waals surface area contributed by atoms with E-state index < -0.39 is 0 Å². The molecule has 1 atom stereocenters. The Bertz CT molecular complexity index is 1060. The fourth-order valence-corrected chi connectivity index (χ4v) is 2.88. The maximum absolute atomic E-state index is 13.0. The van der Waals surface area contributed by atoms with E-state index in [9.17, 15) is 4.79 Å². The van der Waals surface area contributed by atoms with Gasteiger partial charge in [0.1, 0.15) is 23.5 Å². The highest BCUT2D eigenvalue weighted by Crippen LogP contribution is 2.27. The Kier molecular flexibility index (Phi) is 4.19. The highest BCUT2D eigenvalue weighted by atomic mass is 16.5. The van der Waals surface area contributed by atoms with Crippen LogP contribution in [0.3, 0.4) is 0 Å². The van der Waals surface area contributed by atoms with Crippen LogP contribution in [0.1, 0.15) is 23.2 Å². The lowest BCUT2D eigenvalue weighted by molar-refractivity contribution is 0.0889. The summed E-state index contributed by atoms with van der Waals surface area (Å²) in [5.41, 5.74) is 1.51. The van der Waals surface area contributed by atoms with Gasteiger partial charge in [-0.15, -0.1) is 0 Å².